The number of hydrogen-bond acceptors (Lipinski definition) is 5. The van der Waals surface area contributed by atoms with Gasteiger partial charge in [-0.1, -0.05) is 5.16 Å². The van der Waals surface area contributed by atoms with Crippen molar-refractivity contribution in [3.63, 3.8) is 0 Å². The molecule has 0 radical (unpaired) electrons. The Hall–Kier alpha value is -1.75. The Kier molecular flexibility index (Phi) is 2.24. The number of hydrogen-bond donors (Lipinski definition) is 1. The number of furan rings is 1. The molecule has 0 spiro atoms. The number of rotatable bonds is 3. The molecule has 0 unspecified atom stereocenters. The smallest absolute Gasteiger partial charge is 0.204 e. The van der Waals surface area contributed by atoms with E-state index in [9.17, 15) is 0 Å². The van der Waals surface area contributed by atoms with E-state index < -0.39 is 0 Å². The fraction of sp³-hybridized carbons (Fsp3) is 0.222. The highest BCUT2D eigenvalue weighted by Gasteiger charge is 2.09. The lowest BCUT2D eigenvalue weighted by molar-refractivity contribution is 0.164. The molecule has 0 aliphatic rings. The first-order chi connectivity index (χ1) is 6.79. The van der Waals surface area contributed by atoms with Crippen LogP contribution in [-0.4, -0.2) is 12.3 Å². The lowest BCUT2D eigenvalue weighted by Crippen LogP contribution is -1.81. The molecule has 5 heteroatoms. The van der Waals surface area contributed by atoms with Gasteiger partial charge >= 0.3 is 0 Å². The van der Waals surface area contributed by atoms with Crippen LogP contribution >= 0.6 is 0 Å². The fourth-order valence-electron chi connectivity index (χ4n) is 1.14. The average molecular weight is 194 g/mol. The van der Waals surface area contributed by atoms with Gasteiger partial charge in [-0.25, -0.2) is 0 Å². The third kappa shape index (κ3) is 1.62. The van der Waals surface area contributed by atoms with Crippen molar-refractivity contribution in [2.45, 2.75) is 6.61 Å². The normalized spacial score (nSPS) is 10.6. The zero-order valence-corrected chi connectivity index (χ0v) is 7.69. The van der Waals surface area contributed by atoms with Crippen LogP contribution in [0.4, 0.5) is 5.82 Å². The molecule has 74 valence electrons. The van der Waals surface area contributed by atoms with Crippen molar-refractivity contribution >= 4 is 5.82 Å². The summed E-state index contributed by atoms with van der Waals surface area (Å²) in [5.74, 6) is 2.19. The van der Waals surface area contributed by atoms with Crippen molar-refractivity contribution in [1.82, 2.24) is 5.16 Å². The average Bonchev–Trinajstić information content (AvgIpc) is 2.74. The molecule has 0 atom stereocenters. The minimum atomic E-state index is 0.338. The lowest BCUT2D eigenvalue weighted by Gasteiger charge is -1.91. The summed E-state index contributed by atoms with van der Waals surface area (Å²) < 4.78 is 15.3. The minimum Gasteiger partial charge on any atom is -0.455 e. The second-order valence-corrected chi connectivity index (χ2v) is 2.81. The first-order valence-electron chi connectivity index (χ1n) is 4.10. The first kappa shape index (κ1) is 8.83. The van der Waals surface area contributed by atoms with Crippen molar-refractivity contribution in [3.05, 3.63) is 24.0 Å². The second kappa shape index (κ2) is 3.55. The van der Waals surface area contributed by atoms with Crippen LogP contribution in [0.5, 0.6) is 0 Å². The molecule has 0 saturated carbocycles. The molecule has 0 fully saturated rings. The van der Waals surface area contributed by atoms with Crippen molar-refractivity contribution in [1.29, 1.82) is 0 Å². The van der Waals surface area contributed by atoms with E-state index in [-0.39, 0.29) is 0 Å². The third-order valence-corrected chi connectivity index (χ3v) is 1.72. The molecular weight excluding hydrogens is 184 g/mol. The SMILES string of the molecule is COCc1ccc(-c2cc(N)no2)o1. The Morgan fingerprint density at radius 2 is 2.29 bits per heavy atom. The maximum Gasteiger partial charge on any atom is 0.204 e. The van der Waals surface area contributed by atoms with E-state index in [1.54, 1.807) is 19.2 Å². The molecule has 2 aromatic rings. The zero-order chi connectivity index (χ0) is 9.97. The molecule has 0 saturated heterocycles. The second-order valence-electron chi connectivity index (χ2n) is 2.81. The largest absolute Gasteiger partial charge is 0.455 e. The molecule has 0 aliphatic heterocycles. The number of nitrogen functional groups attached to an aromatic ring is 1. The Morgan fingerprint density at radius 1 is 1.43 bits per heavy atom. The summed E-state index contributed by atoms with van der Waals surface area (Å²) in [4.78, 5) is 0. The van der Waals surface area contributed by atoms with Gasteiger partial charge in [0.15, 0.2) is 11.6 Å². The molecule has 2 N–H and O–H groups in total. The number of nitrogens with zero attached hydrogens (tertiary/aromatic N) is 1. The maximum atomic E-state index is 5.41. The van der Waals surface area contributed by atoms with E-state index in [0.29, 0.717) is 23.9 Å². The molecule has 0 bridgehead atoms. The Morgan fingerprint density at radius 3 is 2.93 bits per heavy atom. The highest BCUT2D eigenvalue weighted by Crippen LogP contribution is 2.23. The van der Waals surface area contributed by atoms with Gasteiger partial charge in [-0.05, 0) is 12.1 Å². The molecular formula is C9H10N2O3. The number of nitrogens with two attached hydrogens (primary N) is 1. The van der Waals surface area contributed by atoms with Crippen LogP contribution in [-0.2, 0) is 11.3 Å². The van der Waals surface area contributed by atoms with Gasteiger partial charge in [-0.3, -0.25) is 0 Å². The molecule has 2 rings (SSSR count). The van der Waals surface area contributed by atoms with Gasteiger partial charge < -0.3 is 19.4 Å². The predicted molar refractivity (Wildman–Crippen MR) is 49.3 cm³/mol. The Balaban J connectivity index is 2.24. The molecule has 2 heterocycles. The fourth-order valence-corrected chi connectivity index (χ4v) is 1.14. The van der Waals surface area contributed by atoms with E-state index in [1.807, 2.05) is 6.07 Å². The molecule has 5 nitrogen and oxygen atoms in total. The van der Waals surface area contributed by atoms with E-state index in [2.05, 4.69) is 5.16 Å². The molecule has 14 heavy (non-hydrogen) atoms. The summed E-state index contributed by atoms with van der Waals surface area (Å²) in [5, 5.41) is 3.56. The van der Waals surface area contributed by atoms with Crippen molar-refractivity contribution < 1.29 is 13.7 Å². The van der Waals surface area contributed by atoms with Crippen LogP contribution in [0.25, 0.3) is 11.5 Å². The highest BCUT2D eigenvalue weighted by atomic mass is 16.5. The van der Waals surface area contributed by atoms with Gasteiger partial charge in [-0.15, -0.1) is 0 Å². The standard InChI is InChI=1S/C9H10N2O3/c1-12-5-6-2-3-7(13-6)8-4-9(10)11-14-8/h2-4H,5H2,1H3,(H2,10,11). The first-order valence-corrected chi connectivity index (χ1v) is 4.10. The van der Waals surface area contributed by atoms with Gasteiger partial charge in [0.1, 0.15) is 12.4 Å². The topological polar surface area (TPSA) is 74.4 Å². The van der Waals surface area contributed by atoms with E-state index in [4.69, 9.17) is 19.4 Å². The third-order valence-electron chi connectivity index (χ3n) is 1.72. The zero-order valence-electron chi connectivity index (χ0n) is 7.69. The van der Waals surface area contributed by atoms with Gasteiger partial charge in [0, 0.05) is 13.2 Å². The summed E-state index contributed by atoms with van der Waals surface area (Å²) in [5.41, 5.74) is 5.41. The van der Waals surface area contributed by atoms with E-state index in [0.717, 1.165) is 5.76 Å². The number of methoxy groups -OCH3 is 1. The van der Waals surface area contributed by atoms with E-state index in [1.165, 1.54) is 0 Å². The van der Waals surface area contributed by atoms with Crippen LogP contribution in [0, 0.1) is 0 Å². The summed E-state index contributed by atoms with van der Waals surface area (Å²) in [7, 11) is 1.61. The summed E-state index contributed by atoms with van der Waals surface area (Å²) in [6.07, 6.45) is 0. The van der Waals surface area contributed by atoms with Crippen LogP contribution in [0.2, 0.25) is 0 Å². The monoisotopic (exact) mass is 194 g/mol. The van der Waals surface area contributed by atoms with Gasteiger partial charge in [0.25, 0.3) is 0 Å². The Bertz CT molecular complexity index is 419. The van der Waals surface area contributed by atoms with Crippen LogP contribution < -0.4 is 5.73 Å². The quantitative estimate of drug-likeness (QED) is 0.804. The van der Waals surface area contributed by atoms with Crippen LogP contribution in [0.15, 0.2) is 27.1 Å². The van der Waals surface area contributed by atoms with E-state index >= 15 is 0 Å². The van der Waals surface area contributed by atoms with Crippen LogP contribution in [0.3, 0.4) is 0 Å². The summed E-state index contributed by atoms with van der Waals surface area (Å²) >= 11 is 0. The summed E-state index contributed by atoms with van der Waals surface area (Å²) in [6.45, 7) is 0.434. The van der Waals surface area contributed by atoms with Gasteiger partial charge in [0.05, 0.1) is 0 Å². The van der Waals surface area contributed by atoms with Gasteiger partial charge in [-0.2, -0.15) is 0 Å². The highest BCUT2D eigenvalue weighted by molar-refractivity contribution is 5.53. The number of ether oxygens (including phenoxy) is 1. The van der Waals surface area contributed by atoms with Gasteiger partial charge in [0.2, 0.25) is 5.76 Å². The number of anilines is 1. The Labute approximate surface area is 80.4 Å². The minimum absolute atomic E-state index is 0.338. The molecule has 2 aromatic heterocycles. The number of aromatic nitrogens is 1. The molecule has 0 aliphatic carbocycles. The summed E-state index contributed by atoms with van der Waals surface area (Å²) in [6, 6.07) is 5.21. The van der Waals surface area contributed by atoms with Crippen molar-refractivity contribution in [3.8, 4) is 11.5 Å². The van der Waals surface area contributed by atoms with Crippen molar-refractivity contribution in [2.24, 2.45) is 0 Å². The maximum absolute atomic E-state index is 5.41. The predicted octanol–water partition coefficient (Wildman–Crippen LogP) is 1.66. The van der Waals surface area contributed by atoms with Crippen LogP contribution in [0.1, 0.15) is 5.76 Å². The molecule has 0 aromatic carbocycles. The molecule has 0 amide bonds. The lowest BCUT2D eigenvalue weighted by atomic mass is 10.3. The van der Waals surface area contributed by atoms with Crippen molar-refractivity contribution in [2.75, 3.05) is 12.8 Å².